The van der Waals surface area contributed by atoms with Gasteiger partial charge < -0.3 is 9.84 Å². The number of aliphatic hydroxyl groups excluding tert-OH is 1. The first kappa shape index (κ1) is 11.5. The van der Waals surface area contributed by atoms with Crippen molar-refractivity contribution in [3.8, 4) is 0 Å². The molecule has 0 radical (unpaired) electrons. The van der Waals surface area contributed by atoms with Crippen LogP contribution in [-0.4, -0.2) is 29.3 Å². The maximum absolute atomic E-state index is 9.29. The Hall–Kier alpha value is 0.400. The Morgan fingerprint density at radius 2 is 1.85 bits per heavy atom. The Morgan fingerprint density at radius 1 is 1.23 bits per heavy atom. The van der Waals surface area contributed by atoms with Crippen LogP contribution in [0.4, 0.5) is 0 Å². The highest BCUT2D eigenvalue weighted by Gasteiger charge is 2.13. The summed E-state index contributed by atoms with van der Waals surface area (Å²) in [6.45, 7) is 0.482. The van der Waals surface area contributed by atoms with Gasteiger partial charge >= 0.3 is 0 Å². The van der Waals surface area contributed by atoms with E-state index >= 15 is 0 Å². The molecule has 13 heavy (non-hydrogen) atoms. The molecule has 1 aliphatic carbocycles. The molecular formula is C10H19BrO2. The van der Waals surface area contributed by atoms with E-state index in [1.165, 1.54) is 38.5 Å². The zero-order valence-corrected chi connectivity index (χ0v) is 9.63. The van der Waals surface area contributed by atoms with Crippen LogP contribution < -0.4 is 0 Å². The van der Waals surface area contributed by atoms with Crippen molar-refractivity contribution in [1.82, 2.24) is 0 Å². The fourth-order valence-electron chi connectivity index (χ4n) is 1.70. The SMILES string of the molecule is OC(CBr)COC1CCCCCC1. The minimum Gasteiger partial charge on any atom is -0.390 e. The van der Waals surface area contributed by atoms with E-state index in [9.17, 15) is 5.11 Å². The van der Waals surface area contributed by atoms with E-state index in [-0.39, 0.29) is 6.10 Å². The molecule has 3 heteroatoms. The van der Waals surface area contributed by atoms with Crippen molar-refractivity contribution >= 4 is 15.9 Å². The second-order valence-corrected chi connectivity index (χ2v) is 4.40. The van der Waals surface area contributed by atoms with Gasteiger partial charge in [-0.05, 0) is 12.8 Å². The van der Waals surface area contributed by atoms with Crippen molar-refractivity contribution in [2.75, 3.05) is 11.9 Å². The van der Waals surface area contributed by atoms with Crippen LogP contribution in [-0.2, 0) is 4.74 Å². The standard InChI is InChI=1S/C10H19BrO2/c11-7-9(12)8-13-10-5-3-1-2-4-6-10/h9-10,12H,1-8H2. The molecule has 0 saturated heterocycles. The number of halogens is 1. The molecule has 1 aliphatic rings. The molecule has 0 aromatic rings. The van der Waals surface area contributed by atoms with Crippen molar-refractivity contribution in [1.29, 1.82) is 0 Å². The first-order chi connectivity index (χ1) is 6.33. The van der Waals surface area contributed by atoms with Crippen LogP contribution in [0.3, 0.4) is 0 Å². The molecule has 1 rings (SSSR count). The summed E-state index contributed by atoms with van der Waals surface area (Å²) in [5.74, 6) is 0. The quantitative estimate of drug-likeness (QED) is 0.614. The van der Waals surface area contributed by atoms with Gasteiger partial charge in [-0.3, -0.25) is 0 Å². The third-order valence-electron chi connectivity index (χ3n) is 2.50. The Kier molecular flexibility index (Phi) is 6.00. The van der Waals surface area contributed by atoms with Gasteiger partial charge in [0.15, 0.2) is 0 Å². The van der Waals surface area contributed by atoms with Gasteiger partial charge in [-0.15, -0.1) is 0 Å². The van der Waals surface area contributed by atoms with E-state index in [0.29, 0.717) is 18.0 Å². The zero-order valence-electron chi connectivity index (χ0n) is 8.04. The van der Waals surface area contributed by atoms with Gasteiger partial charge in [0.1, 0.15) is 0 Å². The first-order valence-corrected chi connectivity index (χ1v) is 6.30. The average Bonchev–Trinajstić information content (AvgIpc) is 2.42. The third-order valence-corrected chi connectivity index (χ3v) is 3.25. The summed E-state index contributed by atoms with van der Waals surface area (Å²) >= 11 is 3.23. The molecule has 0 aromatic carbocycles. The highest BCUT2D eigenvalue weighted by atomic mass is 79.9. The number of aliphatic hydroxyl groups is 1. The van der Waals surface area contributed by atoms with Crippen molar-refractivity contribution in [3.05, 3.63) is 0 Å². The Bertz CT molecular complexity index is 122. The van der Waals surface area contributed by atoms with E-state index in [1.54, 1.807) is 0 Å². The van der Waals surface area contributed by atoms with Gasteiger partial charge in [0.2, 0.25) is 0 Å². The lowest BCUT2D eigenvalue weighted by atomic mass is 10.1. The molecule has 1 N–H and O–H groups in total. The smallest absolute Gasteiger partial charge is 0.0870 e. The minimum absolute atomic E-state index is 0.344. The average molecular weight is 251 g/mol. The van der Waals surface area contributed by atoms with Gasteiger partial charge in [-0.1, -0.05) is 41.6 Å². The number of hydrogen-bond donors (Lipinski definition) is 1. The molecule has 0 bridgehead atoms. The fourth-order valence-corrected chi connectivity index (χ4v) is 1.89. The normalized spacial score (nSPS) is 22.6. The van der Waals surface area contributed by atoms with Gasteiger partial charge in [0.05, 0.1) is 18.8 Å². The zero-order chi connectivity index (χ0) is 9.52. The fraction of sp³-hybridized carbons (Fsp3) is 1.00. The lowest BCUT2D eigenvalue weighted by Gasteiger charge is -2.16. The minimum atomic E-state index is -0.344. The predicted octanol–water partition coefficient (Wildman–Crippen LogP) is 2.48. The van der Waals surface area contributed by atoms with Gasteiger partial charge in [0.25, 0.3) is 0 Å². The molecule has 0 spiro atoms. The molecule has 0 amide bonds. The number of hydrogen-bond acceptors (Lipinski definition) is 2. The van der Waals surface area contributed by atoms with Gasteiger partial charge in [-0.25, -0.2) is 0 Å². The highest BCUT2D eigenvalue weighted by molar-refractivity contribution is 9.09. The highest BCUT2D eigenvalue weighted by Crippen LogP contribution is 2.19. The number of rotatable bonds is 4. The number of ether oxygens (including phenoxy) is 1. The van der Waals surface area contributed by atoms with Gasteiger partial charge in [0, 0.05) is 5.33 Å². The monoisotopic (exact) mass is 250 g/mol. The summed E-state index contributed by atoms with van der Waals surface area (Å²) in [5, 5.41) is 9.90. The van der Waals surface area contributed by atoms with E-state index in [4.69, 9.17) is 4.74 Å². The molecule has 1 atom stereocenters. The van der Waals surface area contributed by atoms with Crippen LogP contribution in [0, 0.1) is 0 Å². The van der Waals surface area contributed by atoms with Crippen molar-refractivity contribution in [2.24, 2.45) is 0 Å². The van der Waals surface area contributed by atoms with Crippen LogP contribution in [0.25, 0.3) is 0 Å². The lowest BCUT2D eigenvalue weighted by molar-refractivity contribution is -0.00682. The molecule has 78 valence electrons. The maximum Gasteiger partial charge on any atom is 0.0870 e. The Labute approximate surface area is 88.8 Å². The summed E-state index contributed by atoms with van der Waals surface area (Å²) in [6, 6.07) is 0. The summed E-state index contributed by atoms with van der Waals surface area (Å²) < 4.78 is 5.64. The summed E-state index contributed by atoms with van der Waals surface area (Å²) in [4.78, 5) is 0. The molecule has 0 aromatic heterocycles. The topological polar surface area (TPSA) is 29.5 Å². The van der Waals surface area contributed by atoms with Crippen LogP contribution in [0.1, 0.15) is 38.5 Å². The van der Waals surface area contributed by atoms with E-state index in [2.05, 4.69) is 15.9 Å². The Balaban J connectivity index is 2.11. The van der Waals surface area contributed by atoms with E-state index in [0.717, 1.165) is 0 Å². The molecular weight excluding hydrogens is 232 g/mol. The molecule has 0 aliphatic heterocycles. The summed E-state index contributed by atoms with van der Waals surface area (Å²) in [7, 11) is 0. The molecule has 1 saturated carbocycles. The lowest BCUT2D eigenvalue weighted by Crippen LogP contribution is -2.22. The molecule has 1 fully saturated rings. The van der Waals surface area contributed by atoms with Crippen molar-refractivity contribution < 1.29 is 9.84 Å². The van der Waals surface area contributed by atoms with Crippen LogP contribution in [0.15, 0.2) is 0 Å². The Morgan fingerprint density at radius 3 is 2.38 bits per heavy atom. The van der Waals surface area contributed by atoms with Gasteiger partial charge in [-0.2, -0.15) is 0 Å². The van der Waals surface area contributed by atoms with E-state index in [1.807, 2.05) is 0 Å². The number of alkyl halides is 1. The summed E-state index contributed by atoms with van der Waals surface area (Å²) in [6.07, 6.45) is 7.68. The first-order valence-electron chi connectivity index (χ1n) is 5.18. The van der Waals surface area contributed by atoms with Crippen molar-refractivity contribution in [2.45, 2.75) is 50.7 Å². The van der Waals surface area contributed by atoms with Crippen LogP contribution in [0.5, 0.6) is 0 Å². The largest absolute Gasteiger partial charge is 0.390 e. The van der Waals surface area contributed by atoms with Crippen molar-refractivity contribution in [3.63, 3.8) is 0 Å². The van der Waals surface area contributed by atoms with Crippen LogP contribution >= 0.6 is 15.9 Å². The molecule has 1 unspecified atom stereocenters. The van der Waals surface area contributed by atoms with E-state index < -0.39 is 0 Å². The maximum atomic E-state index is 9.29. The molecule has 0 heterocycles. The second kappa shape index (κ2) is 6.80. The van der Waals surface area contributed by atoms with Crippen LogP contribution in [0.2, 0.25) is 0 Å². The predicted molar refractivity (Wildman–Crippen MR) is 57.2 cm³/mol. The summed E-state index contributed by atoms with van der Waals surface area (Å²) in [5.41, 5.74) is 0. The molecule has 2 nitrogen and oxygen atoms in total. The third kappa shape index (κ3) is 4.99. The second-order valence-electron chi connectivity index (χ2n) is 3.76.